The number of oxime groups is 1. The van der Waals surface area contributed by atoms with Gasteiger partial charge in [0, 0.05) is 5.02 Å². The van der Waals surface area contributed by atoms with Crippen LogP contribution in [0.4, 0.5) is 0 Å². The van der Waals surface area contributed by atoms with Crippen molar-refractivity contribution < 1.29 is 5.21 Å². The molecule has 0 unspecified atom stereocenters. The lowest BCUT2D eigenvalue weighted by Gasteiger charge is -2.04. The van der Waals surface area contributed by atoms with Crippen LogP contribution in [-0.2, 0) is 6.54 Å². The van der Waals surface area contributed by atoms with Gasteiger partial charge in [-0.2, -0.15) is 5.10 Å². The van der Waals surface area contributed by atoms with Gasteiger partial charge in [-0.15, -0.1) is 0 Å². The number of nitrogens with zero attached hydrogens (tertiary/aromatic N) is 3. The van der Waals surface area contributed by atoms with Crippen molar-refractivity contribution in [2.24, 2.45) is 5.16 Å². The molecule has 0 amide bonds. The Labute approximate surface area is 112 Å². The average Bonchev–Trinajstić information content (AvgIpc) is 2.65. The molecule has 2 rings (SSSR count). The molecule has 1 N–H and O–H groups in total. The number of aromatic nitrogens is 2. The predicted molar refractivity (Wildman–Crippen MR) is 69.9 cm³/mol. The molecule has 0 saturated heterocycles. The van der Waals surface area contributed by atoms with Crippen molar-refractivity contribution in [3.05, 3.63) is 51.2 Å². The Bertz CT molecular complexity index is 536. The van der Waals surface area contributed by atoms with Crippen LogP contribution in [0.15, 0.2) is 40.1 Å². The molecule has 17 heavy (non-hydrogen) atoms. The Morgan fingerprint density at radius 2 is 2.12 bits per heavy atom. The van der Waals surface area contributed by atoms with Crippen molar-refractivity contribution in [3.63, 3.8) is 0 Å². The van der Waals surface area contributed by atoms with Crippen molar-refractivity contribution in [3.8, 4) is 0 Å². The van der Waals surface area contributed by atoms with Gasteiger partial charge in [0.1, 0.15) is 0 Å². The molecule has 1 aromatic heterocycles. The number of halogens is 2. The quantitative estimate of drug-likeness (QED) is 0.537. The summed E-state index contributed by atoms with van der Waals surface area (Å²) in [5.74, 6) is 0. The van der Waals surface area contributed by atoms with Crippen LogP contribution in [0.1, 0.15) is 11.3 Å². The molecule has 0 saturated carbocycles. The number of hydrogen-bond donors (Lipinski definition) is 1. The molecule has 0 bridgehead atoms. The fourth-order valence-corrected chi connectivity index (χ4v) is 1.97. The maximum absolute atomic E-state index is 8.58. The molecule has 6 heteroatoms. The highest BCUT2D eigenvalue weighted by Crippen LogP contribution is 2.16. The highest BCUT2D eigenvalue weighted by atomic mass is 79.9. The van der Waals surface area contributed by atoms with Gasteiger partial charge in [-0.25, -0.2) is 0 Å². The minimum Gasteiger partial charge on any atom is -0.411 e. The van der Waals surface area contributed by atoms with Crippen molar-refractivity contribution in [1.82, 2.24) is 9.78 Å². The van der Waals surface area contributed by atoms with E-state index in [1.54, 1.807) is 10.9 Å². The Morgan fingerprint density at radius 1 is 1.41 bits per heavy atom. The number of benzene rings is 1. The van der Waals surface area contributed by atoms with E-state index in [-0.39, 0.29) is 0 Å². The second-order valence-electron chi connectivity index (χ2n) is 3.41. The summed E-state index contributed by atoms with van der Waals surface area (Å²) in [6, 6.07) is 7.51. The molecule has 0 aliphatic rings. The molecule has 0 radical (unpaired) electrons. The van der Waals surface area contributed by atoms with E-state index in [2.05, 4.69) is 26.2 Å². The molecule has 0 aliphatic carbocycles. The van der Waals surface area contributed by atoms with Gasteiger partial charge in [-0.05, 0) is 33.6 Å². The Morgan fingerprint density at radius 3 is 2.76 bits per heavy atom. The van der Waals surface area contributed by atoms with E-state index in [9.17, 15) is 0 Å². The summed E-state index contributed by atoms with van der Waals surface area (Å²) in [5.41, 5.74) is 1.78. The van der Waals surface area contributed by atoms with E-state index < -0.39 is 0 Å². The van der Waals surface area contributed by atoms with Gasteiger partial charge in [0.05, 0.1) is 29.1 Å². The van der Waals surface area contributed by atoms with Gasteiger partial charge >= 0.3 is 0 Å². The predicted octanol–water partition coefficient (Wildman–Crippen LogP) is 3.16. The molecule has 1 aromatic carbocycles. The van der Waals surface area contributed by atoms with Crippen LogP contribution in [0.5, 0.6) is 0 Å². The van der Waals surface area contributed by atoms with E-state index in [0.717, 1.165) is 10.0 Å². The van der Waals surface area contributed by atoms with Crippen LogP contribution in [0.2, 0.25) is 5.02 Å². The molecule has 0 atom stereocenters. The minimum absolute atomic E-state index is 0.587. The molecule has 0 aliphatic heterocycles. The van der Waals surface area contributed by atoms with Gasteiger partial charge in [0.15, 0.2) is 0 Å². The summed E-state index contributed by atoms with van der Waals surface area (Å²) in [4.78, 5) is 0. The normalized spacial score (nSPS) is 11.2. The first kappa shape index (κ1) is 12.1. The largest absolute Gasteiger partial charge is 0.411 e. The molecule has 4 nitrogen and oxygen atoms in total. The fourth-order valence-electron chi connectivity index (χ4n) is 1.44. The van der Waals surface area contributed by atoms with E-state index in [0.29, 0.717) is 17.3 Å². The molecule has 2 aromatic rings. The van der Waals surface area contributed by atoms with Gasteiger partial charge in [-0.3, -0.25) is 4.68 Å². The van der Waals surface area contributed by atoms with E-state index in [1.165, 1.54) is 6.21 Å². The lowest BCUT2D eigenvalue weighted by molar-refractivity contribution is 0.321. The maximum Gasteiger partial charge on any atom is 0.0972 e. The summed E-state index contributed by atoms with van der Waals surface area (Å²) in [5, 5.41) is 16.5. The third-order valence-electron chi connectivity index (χ3n) is 2.26. The van der Waals surface area contributed by atoms with Crippen LogP contribution >= 0.6 is 27.5 Å². The minimum atomic E-state index is 0.587. The summed E-state index contributed by atoms with van der Waals surface area (Å²) in [6.45, 7) is 0.587. The smallest absolute Gasteiger partial charge is 0.0972 e. The number of hydrogen-bond acceptors (Lipinski definition) is 3. The van der Waals surface area contributed by atoms with Crippen LogP contribution in [0.25, 0.3) is 0 Å². The Kier molecular flexibility index (Phi) is 3.81. The fraction of sp³-hybridized carbons (Fsp3) is 0.0909. The van der Waals surface area contributed by atoms with E-state index in [4.69, 9.17) is 16.8 Å². The zero-order valence-corrected chi connectivity index (χ0v) is 11.1. The highest BCUT2D eigenvalue weighted by Gasteiger charge is 2.07. The van der Waals surface area contributed by atoms with E-state index in [1.807, 2.05) is 24.3 Å². The van der Waals surface area contributed by atoms with Crippen LogP contribution in [0, 0.1) is 0 Å². The molecular weight excluding hydrogens is 305 g/mol. The third kappa shape index (κ3) is 2.87. The maximum atomic E-state index is 8.58. The first-order valence-corrected chi connectivity index (χ1v) is 6.01. The van der Waals surface area contributed by atoms with Crippen molar-refractivity contribution in [1.29, 1.82) is 0 Å². The van der Waals surface area contributed by atoms with Crippen molar-refractivity contribution >= 4 is 33.7 Å². The summed E-state index contributed by atoms with van der Waals surface area (Å²) in [7, 11) is 0. The van der Waals surface area contributed by atoms with Gasteiger partial charge in [0.25, 0.3) is 0 Å². The van der Waals surface area contributed by atoms with E-state index >= 15 is 0 Å². The van der Waals surface area contributed by atoms with Crippen molar-refractivity contribution in [2.45, 2.75) is 6.54 Å². The van der Waals surface area contributed by atoms with Crippen molar-refractivity contribution in [2.75, 3.05) is 0 Å². The van der Waals surface area contributed by atoms with Crippen LogP contribution in [-0.4, -0.2) is 21.2 Å². The monoisotopic (exact) mass is 313 g/mol. The molecule has 1 heterocycles. The Balaban J connectivity index is 2.27. The van der Waals surface area contributed by atoms with Gasteiger partial charge < -0.3 is 5.21 Å². The first-order chi connectivity index (χ1) is 8.20. The molecule has 88 valence electrons. The topological polar surface area (TPSA) is 50.4 Å². The SMILES string of the molecule is O/N=C/c1c(Br)cnn1Cc1ccc(Cl)cc1. The summed E-state index contributed by atoms with van der Waals surface area (Å²) in [6.07, 6.45) is 3.00. The summed E-state index contributed by atoms with van der Waals surface area (Å²) < 4.78 is 2.51. The van der Waals surface area contributed by atoms with Crippen LogP contribution in [0.3, 0.4) is 0 Å². The zero-order valence-electron chi connectivity index (χ0n) is 8.72. The molecular formula is C11H9BrClN3O. The number of rotatable bonds is 3. The Hall–Kier alpha value is -1.33. The third-order valence-corrected chi connectivity index (χ3v) is 3.12. The second-order valence-corrected chi connectivity index (χ2v) is 4.70. The summed E-state index contributed by atoms with van der Waals surface area (Å²) >= 11 is 9.15. The standard InChI is InChI=1S/C11H9BrClN3O/c12-10-5-14-16(11(10)6-15-17)7-8-1-3-9(13)4-2-8/h1-6,17H,7H2/b15-6+. The lowest BCUT2D eigenvalue weighted by Crippen LogP contribution is -2.06. The van der Waals surface area contributed by atoms with Crippen LogP contribution < -0.4 is 0 Å². The highest BCUT2D eigenvalue weighted by molar-refractivity contribution is 9.10. The second kappa shape index (κ2) is 5.33. The van der Waals surface area contributed by atoms with Gasteiger partial charge in [-0.1, -0.05) is 28.9 Å². The zero-order chi connectivity index (χ0) is 12.3. The lowest BCUT2D eigenvalue weighted by atomic mass is 10.2. The van der Waals surface area contributed by atoms with Gasteiger partial charge in [0.2, 0.25) is 0 Å². The first-order valence-electron chi connectivity index (χ1n) is 4.84. The average molecular weight is 315 g/mol. The molecule has 0 fully saturated rings. The molecule has 0 spiro atoms.